The van der Waals surface area contributed by atoms with Gasteiger partial charge in [0.2, 0.25) is 0 Å². The molecule has 0 heterocycles. The van der Waals surface area contributed by atoms with Gasteiger partial charge in [-0.1, -0.05) is 30.1 Å². The average molecular weight is 232 g/mol. The summed E-state index contributed by atoms with van der Waals surface area (Å²) in [6, 6.07) is 5.19. The summed E-state index contributed by atoms with van der Waals surface area (Å²) < 4.78 is 0. The van der Waals surface area contributed by atoms with Crippen LogP contribution in [0.2, 0.25) is 10.0 Å². The molecule has 0 fully saturated rings. The Bertz CT molecular complexity index is 339. The maximum atomic E-state index is 11.0. The summed E-state index contributed by atoms with van der Waals surface area (Å²) in [5.74, 6) is 0.163. The number of nitrogens with one attached hydrogen (secondary N) is 1. The minimum atomic E-state index is 0.163. The summed E-state index contributed by atoms with van der Waals surface area (Å²) in [5, 5.41) is 3.97. The Morgan fingerprint density at radius 1 is 1.36 bits per heavy atom. The van der Waals surface area contributed by atoms with Crippen molar-refractivity contribution in [1.29, 1.82) is 0 Å². The molecule has 14 heavy (non-hydrogen) atoms. The lowest BCUT2D eigenvalue weighted by Crippen LogP contribution is -2.12. The molecular formula is C10H11Cl2NO. The minimum absolute atomic E-state index is 0.163. The summed E-state index contributed by atoms with van der Waals surface area (Å²) in [6.07, 6.45) is 0.536. The number of ketones is 1. The number of hydrogen-bond donors (Lipinski definition) is 1. The highest BCUT2D eigenvalue weighted by atomic mass is 35.5. The third-order valence-corrected chi connectivity index (χ3v) is 2.54. The summed E-state index contributed by atoms with van der Waals surface area (Å²) in [4.78, 5) is 11.0. The standard InChI is InChI=1S/C10H11Cl2NO/c1-2-8(14)6-13-7-3-4-9(11)10(12)5-7/h3-5,13H,2,6H2,1H3. The second-order valence-electron chi connectivity index (χ2n) is 2.87. The molecule has 0 aliphatic heterocycles. The Morgan fingerprint density at radius 3 is 2.64 bits per heavy atom. The van der Waals surface area contributed by atoms with Crippen LogP contribution in [0, 0.1) is 0 Å². The normalized spacial score (nSPS) is 9.93. The number of hydrogen-bond acceptors (Lipinski definition) is 2. The molecule has 0 radical (unpaired) electrons. The summed E-state index contributed by atoms with van der Waals surface area (Å²) in [5.41, 5.74) is 0.807. The molecule has 4 heteroatoms. The monoisotopic (exact) mass is 231 g/mol. The van der Waals surface area contributed by atoms with Crippen molar-refractivity contribution in [2.75, 3.05) is 11.9 Å². The Morgan fingerprint density at radius 2 is 2.07 bits per heavy atom. The number of anilines is 1. The zero-order valence-electron chi connectivity index (χ0n) is 7.81. The SMILES string of the molecule is CCC(=O)CNc1ccc(Cl)c(Cl)c1. The van der Waals surface area contributed by atoms with E-state index in [9.17, 15) is 4.79 Å². The van der Waals surface area contributed by atoms with Crippen LogP contribution in [0.25, 0.3) is 0 Å². The third kappa shape index (κ3) is 3.20. The molecule has 0 aliphatic rings. The van der Waals surface area contributed by atoms with Gasteiger partial charge in [0.05, 0.1) is 16.6 Å². The van der Waals surface area contributed by atoms with E-state index in [1.807, 2.05) is 6.92 Å². The van der Waals surface area contributed by atoms with Gasteiger partial charge < -0.3 is 5.32 Å². The quantitative estimate of drug-likeness (QED) is 0.861. The highest BCUT2D eigenvalue weighted by molar-refractivity contribution is 6.42. The van der Waals surface area contributed by atoms with Crippen LogP contribution in [0.5, 0.6) is 0 Å². The van der Waals surface area contributed by atoms with E-state index in [0.29, 0.717) is 23.0 Å². The van der Waals surface area contributed by atoms with Crippen molar-refractivity contribution in [3.8, 4) is 0 Å². The van der Waals surface area contributed by atoms with Gasteiger partial charge in [0, 0.05) is 12.1 Å². The summed E-state index contributed by atoms with van der Waals surface area (Å²) in [7, 11) is 0. The lowest BCUT2D eigenvalue weighted by atomic mass is 10.3. The van der Waals surface area contributed by atoms with E-state index >= 15 is 0 Å². The Hall–Kier alpha value is -0.730. The second-order valence-corrected chi connectivity index (χ2v) is 3.69. The number of halogens is 2. The molecule has 0 aromatic heterocycles. The molecular weight excluding hydrogens is 221 g/mol. The molecule has 0 unspecified atom stereocenters. The third-order valence-electron chi connectivity index (χ3n) is 1.80. The molecule has 1 aromatic rings. The average Bonchev–Trinajstić information content (AvgIpc) is 2.19. The highest BCUT2D eigenvalue weighted by Crippen LogP contribution is 2.24. The number of rotatable bonds is 4. The Balaban J connectivity index is 2.60. The zero-order valence-corrected chi connectivity index (χ0v) is 9.32. The van der Waals surface area contributed by atoms with E-state index in [-0.39, 0.29) is 5.78 Å². The van der Waals surface area contributed by atoms with Crippen LogP contribution in [-0.4, -0.2) is 12.3 Å². The lowest BCUT2D eigenvalue weighted by molar-refractivity contribution is -0.117. The van der Waals surface area contributed by atoms with Gasteiger partial charge in [-0.25, -0.2) is 0 Å². The van der Waals surface area contributed by atoms with Gasteiger partial charge in [-0.05, 0) is 18.2 Å². The molecule has 2 nitrogen and oxygen atoms in total. The van der Waals surface area contributed by atoms with Gasteiger partial charge in [-0.3, -0.25) is 4.79 Å². The smallest absolute Gasteiger partial charge is 0.151 e. The van der Waals surface area contributed by atoms with Crippen molar-refractivity contribution < 1.29 is 4.79 Å². The summed E-state index contributed by atoms with van der Waals surface area (Å²) >= 11 is 11.6. The topological polar surface area (TPSA) is 29.1 Å². The van der Waals surface area contributed by atoms with Crippen molar-refractivity contribution >= 4 is 34.7 Å². The Kier molecular flexibility index (Phi) is 4.23. The molecule has 0 saturated carbocycles. The molecule has 1 N–H and O–H groups in total. The van der Waals surface area contributed by atoms with Crippen LogP contribution >= 0.6 is 23.2 Å². The molecule has 1 aromatic carbocycles. The zero-order chi connectivity index (χ0) is 10.6. The van der Waals surface area contributed by atoms with Gasteiger partial charge in [0.1, 0.15) is 0 Å². The first-order valence-electron chi connectivity index (χ1n) is 4.34. The van der Waals surface area contributed by atoms with E-state index < -0.39 is 0 Å². The second kappa shape index (κ2) is 5.23. The molecule has 0 amide bonds. The number of carbonyl (C=O) groups is 1. The molecule has 0 saturated heterocycles. The molecule has 0 atom stereocenters. The van der Waals surface area contributed by atoms with Gasteiger partial charge >= 0.3 is 0 Å². The maximum absolute atomic E-state index is 11.0. The highest BCUT2D eigenvalue weighted by Gasteiger charge is 2.01. The largest absolute Gasteiger partial charge is 0.378 e. The number of carbonyl (C=O) groups excluding carboxylic acids is 1. The first-order valence-corrected chi connectivity index (χ1v) is 5.09. The fourth-order valence-electron chi connectivity index (χ4n) is 0.932. The van der Waals surface area contributed by atoms with Gasteiger partial charge in [-0.2, -0.15) is 0 Å². The van der Waals surface area contributed by atoms with Crippen LogP contribution in [0.3, 0.4) is 0 Å². The van der Waals surface area contributed by atoms with Crippen LogP contribution in [0.1, 0.15) is 13.3 Å². The van der Waals surface area contributed by atoms with E-state index in [1.165, 1.54) is 0 Å². The van der Waals surface area contributed by atoms with Crippen molar-refractivity contribution in [3.63, 3.8) is 0 Å². The van der Waals surface area contributed by atoms with Gasteiger partial charge in [-0.15, -0.1) is 0 Å². The number of benzene rings is 1. The van der Waals surface area contributed by atoms with Crippen LogP contribution in [-0.2, 0) is 4.79 Å². The van der Waals surface area contributed by atoms with E-state index in [4.69, 9.17) is 23.2 Å². The van der Waals surface area contributed by atoms with E-state index in [2.05, 4.69) is 5.32 Å². The summed E-state index contributed by atoms with van der Waals surface area (Å²) in [6.45, 7) is 2.16. The molecule has 0 bridgehead atoms. The lowest BCUT2D eigenvalue weighted by Gasteiger charge is -2.05. The predicted octanol–water partition coefficient (Wildman–Crippen LogP) is 3.38. The molecule has 0 spiro atoms. The molecule has 76 valence electrons. The first kappa shape index (κ1) is 11.3. The van der Waals surface area contributed by atoms with Crippen LogP contribution in [0.15, 0.2) is 18.2 Å². The van der Waals surface area contributed by atoms with Crippen molar-refractivity contribution in [1.82, 2.24) is 0 Å². The van der Waals surface area contributed by atoms with Crippen LogP contribution < -0.4 is 5.32 Å². The Labute approximate surface area is 93.2 Å². The molecule has 0 aliphatic carbocycles. The first-order chi connectivity index (χ1) is 6.63. The minimum Gasteiger partial charge on any atom is -0.378 e. The van der Waals surface area contributed by atoms with E-state index in [0.717, 1.165) is 5.69 Å². The molecule has 1 rings (SSSR count). The maximum Gasteiger partial charge on any atom is 0.151 e. The number of Topliss-reactive ketones (excluding diaryl/α,β-unsaturated/α-hetero) is 1. The fourth-order valence-corrected chi connectivity index (χ4v) is 1.23. The van der Waals surface area contributed by atoms with Gasteiger partial charge in [0.15, 0.2) is 5.78 Å². The van der Waals surface area contributed by atoms with Gasteiger partial charge in [0.25, 0.3) is 0 Å². The van der Waals surface area contributed by atoms with Crippen molar-refractivity contribution in [2.45, 2.75) is 13.3 Å². The van der Waals surface area contributed by atoms with Crippen LogP contribution in [0.4, 0.5) is 5.69 Å². The van der Waals surface area contributed by atoms with Crippen molar-refractivity contribution in [2.24, 2.45) is 0 Å². The predicted molar refractivity (Wildman–Crippen MR) is 60.2 cm³/mol. The van der Waals surface area contributed by atoms with Crippen molar-refractivity contribution in [3.05, 3.63) is 28.2 Å². The van der Waals surface area contributed by atoms with E-state index in [1.54, 1.807) is 18.2 Å². The fraction of sp³-hybridized carbons (Fsp3) is 0.300.